The maximum Gasteiger partial charge on any atom is 0.271 e. The first-order valence-corrected chi connectivity index (χ1v) is 9.98. The van der Waals surface area contributed by atoms with Crippen LogP contribution >= 0.6 is 0 Å². The molecule has 2 aromatic rings. The number of carbonyl (C=O) groups excluding carboxylic acids is 1. The quantitative estimate of drug-likeness (QED) is 0.580. The van der Waals surface area contributed by atoms with Gasteiger partial charge in [-0.1, -0.05) is 0 Å². The fourth-order valence-electron chi connectivity index (χ4n) is 2.76. The van der Waals surface area contributed by atoms with Crippen LogP contribution in [-0.4, -0.2) is 55.3 Å². The van der Waals surface area contributed by atoms with Gasteiger partial charge >= 0.3 is 0 Å². The Morgan fingerprint density at radius 2 is 2.23 bits per heavy atom. The average molecular weight is 378 g/mol. The summed E-state index contributed by atoms with van der Waals surface area (Å²) in [4.78, 5) is 16.0. The molecule has 26 heavy (non-hydrogen) atoms. The highest BCUT2D eigenvalue weighted by atomic mass is 32.2. The zero-order chi connectivity index (χ0) is 18.4. The molecule has 140 valence electrons. The highest BCUT2D eigenvalue weighted by Gasteiger charge is 2.18. The summed E-state index contributed by atoms with van der Waals surface area (Å²) in [5, 5.41) is 10.3. The Hall–Kier alpha value is -2.30. The van der Waals surface area contributed by atoms with E-state index in [4.69, 9.17) is 0 Å². The highest BCUT2D eigenvalue weighted by Crippen LogP contribution is 2.15. The molecule has 1 atom stereocenters. The molecule has 3 heterocycles. The Kier molecular flexibility index (Phi) is 5.96. The zero-order valence-electron chi connectivity index (χ0n) is 14.3. The van der Waals surface area contributed by atoms with E-state index in [0.717, 1.165) is 25.9 Å². The maximum atomic E-state index is 12.1. The fourth-order valence-corrected chi connectivity index (χ4v) is 3.76. The van der Waals surface area contributed by atoms with Gasteiger partial charge in [0, 0.05) is 38.2 Å². The summed E-state index contributed by atoms with van der Waals surface area (Å²) in [5.41, 5.74) is 0.325. The topological polar surface area (TPSA) is 118 Å². The van der Waals surface area contributed by atoms with E-state index in [9.17, 15) is 13.2 Å². The number of hydrogen-bond acceptors (Lipinski definition) is 6. The van der Waals surface area contributed by atoms with Crippen molar-refractivity contribution in [3.8, 4) is 0 Å². The minimum atomic E-state index is -3.62. The molecule has 1 saturated heterocycles. The third-order valence-corrected chi connectivity index (χ3v) is 5.58. The fraction of sp³-hybridized carbons (Fsp3) is 0.438. The van der Waals surface area contributed by atoms with Crippen LogP contribution in [0.15, 0.2) is 41.7 Å². The summed E-state index contributed by atoms with van der Waals surface area (Å²) in [7, 11) is -3.62. The van der Waals surface area contributed by atoms with E-state index in [-0.39, 0.29) is 29.9 Å². The standard InChI is InChI=1S/C16H22N6O3S/c23-16(15-5-10-22(21-15)13-3-1-6-17-11-13)19-8-9-20-26(24,25)14-4-2-7-18-12-14/h2,4-5,7,10,12-13,17,20H,1,3,6,8-9,11H2,(H,19,23). The van der Waals surface area contributed by atoms with Crippen LogP contribution < -0.4 is 15.4 Å². The van der Waals surface area contributed by atoms with Gasteiger partial charge in [-0.2, -0.15) is 5.10 Å². The van der Waals surface area contributed by atoms with Crippen molar-refractivity contribution in [1.29, 1.82) is 0 Å². The number of piperidine rings is 1. The first-order valence-electron chi connectivity index (χ1n) is 8.50. The minimum Gasteiger partial charge on any atom is -0.349 e. The van der Waals surface area contributed by atoms with Gasteiger partial charge in [-0.15, -0.1) is 0 Å². The van der Waals surface area contributed by atoms with Gasteiger partial charge in [0.25, 0.3) is 5.91 Å². The van der Waals surface area contributed by atoms with Crippen LogP contribution in [0.1, 0.15) is 29.4 Å². The number of aromatic nitrogens is 3. The van der Waals surface area contributed by atoms with Crippen LogP contribution in [0, 0.1) is 0 Å². The van der Waals surface area contributed by atoms with Gasteiger partial charge in [-0.3, -0.25) is 14.5 Å². The predicted molar refractivity (Wildman–Crippen MR) is 95.1 cm³/mol. The molecule has 10 heteroatoms. The van der Waals surface area contributed by atoms with E-state index in [2.05, 4.69) is 25.4 Å². The van der Waals surface area contributed by atoms with Gasteiger partial charge < -0.3 is 10.6 Å². The molecule has 1 aliphatic heterocycles. The Balaban J connectivity index is 1.46. The van der Waals surface area contributed by atoms with Crippen molar-refractivity contribution in [1.82, 2.24) is 30.1 Å². The van der Waals surface area contributed by atoms with E-state index in [1.165, 1.54) is 18.5 Å². The second kappa shape index (κ2) is 8.39. The Labute approximate surface area is 152 Å². The monoisotopic (exact) mass is 378 g/mol. The van der Waals surface area contributed by atoms with Crippen LogP contribution in [0.4, 0.5) is 0 Å². The molecule has 9 nitrogen and oxygen atoms in total. The van der Waals surface area contributed by atoms with Crippen LogP contribution in [-0.2, 0) is 10.0 Å². The average Bonchev–Trinajstić information content (AvgIpc) is 3.17. The van der Waals surface area contributed by atoms with Crippen molar-refractivity contribution in [3.63, 3.8) is 0 Å². The second-order valence-electron chi connectivity index (χ2n) is 6.02. The lowest BCUT2D eigenvalue weighted by molar-refractivity contribution is 0.0948. The number of pyridine rings is 1. The molecule has 0 saturated carbocycles. The Morgan fingerprint density at radius 1 is 1.35 bits per heavy atom. The largest absolute Gasteiger partial charge is 0.349 e. The van der Waals surface area contributed by atoms with E-state index < -0.39 is 10.0 Å². The first kappa shape index (κ1) is 18.5. The number of nitrogens with one attached hydrogen (secondary N) is 3. The molecule has 1 aliphatic rings. The molecule has 0 aliphatic carbocycles. The van der Waals surface area contributed by atoms with Crippen molar-refractivity contribution in [2.45, 2.75) is 23.8 Å². The van der Waals surface area contributed by atoms with Gasteiger partial charge in [0.2, 0.25) is 10.0 Å². The van der Waals surface area contributed by atoms with Crippen LogP contribution in [0.2, 0.25) is 0 Å². The molecule has 0 radical (unpaired) electrons. The molecule has 3 N–H and O–H groups in total. The molecule has 1 unspecified atom stereocenters. The summed E-state index contributed by atoms with van der Waals surface area (Å²) < 4.78 is 28.3. The summed E-state index contributed by atoms with van der Waals surface area (Å²) in [6.45, 7) is 2.10. The third-order valence-electron chi connectivity index (χ3n) is 4.13. The molecule has 0 bridgehead atoms. The van der Waals surface area contributed by atoms with Gasteiger partial charge in [0.15, 0.2) is 0 Å². The Bertz CT molecular complexity index is 831. The molecule has 1 fully saturated rings. The predicted octanol–water partition coefficient (Wildman–Crippen LogP) is -0.0891. The van der Waals surface area contributed by atoms with Gasteiger partial charge in [0.05, 0.1) is 6.04 Å². The van der Waals surface area contributed by atoms with Crippen molar-refractivity contribution in [3.05, 3.63) is 42.5 Å². The lowest BCUT2D eigenvalue weighted by Gasteiger charge is -2.22. The third kappa shape index (κ3) is 4.65. The highest BCUT2D eigenvalue weighted by molar-refractivity contribution is 7.89. The number of hydrogen-bond donors (Lipinski definition) is 3. The van der Waals surface area contributed by atoms with Crippen LogP contribution in [0.3, 0.4) is 0 Å². The van der Waals surface area contributed by atoms with E-state index in [1.807, 2.05) is 4.68 Å². The molecular formula is C16H22N6O3S. The van der Waals surface area contributed by atoms with Gasteiger partial charge in [-0.05, 0) is 37.6 Å². The van der Waals surface area contributed by atoms with E-state index in [0.29, 0.717) is 5.69 Å². The first-order chi connectivity index (χ1) is 12.6. The zero-order valence-corrected chi connectivity index (χ0v) is 15.1. The van der Waals surface area contributed by atoms with Crippen LogP contribution in [0.25, 0.3) is 0 Å². The summed E-state index contributed by atoms with van der Waals surface area (Å²) >= 11 is 0. The molecule has 3 rings (SSSR count). The van der Waals surface area contributed by atoms with E-state index >= 15 is 0 Å². The number of sulfonamides is 1. The molecule has 0 spiro atoms. The molecule has 2 aromatic heterocycles. The minimum absolute atomic E-state index is 0.0796. The van der Waals surface area contributed by atoms with Crippen molar-refractivity contribution >= 4 is 15.9 Å². The Morgan fingerprint density at radius 3 is 2.96 bits per heavy atom. The van der Waals surface area contributed by atoms with Crippen molar-refractivity contribution in [2.75, 3.05) is 26.2 Å². The lowest BCUT2D eigenvalue weighted by atomic mass is 10.1. The maximum absolute atomic E-state index is 12.1. The molecule has 0 aromatic carbocycles. The van der Waals surface area contributed by atoms with Crippen LogP contribution in [0.5, 0.6) is 0 Å². The number of amides is 1. The van der Waals surface area contributed by atoms with Crippen molar-refractivity contribution < 1.29 is 13.2 Å². The summed E-state index contributed by atoms with van der Waals surface area (Å²) in [6, 6.07) is 4.94. The second-order valence-corrected chi connectivity index (χ2v) is 7.79. The number of carbonyl (C=O) groups is 1. The summed E-state index contributed by atoms with van der Waals surface area (Å²) in [5.74, 6) is -0.326. The smallest absolute Gasteiger partial charge is 0.271 e. The number of rotatable bonds is 7. The SMILES string of the molecule is O=C(NCCNS(=O)(=O)c1cccnc1)c1ccn(C2CCCNC2)n1. The van der Waals surface area contributed by atoms with Gasteiger partial charge in [0.1, 0.15) is 10.6 Å². The normalized spacial score (nSPS) is 17.8. The van der Waals surface area contributed by atoms with Crippen molar-refractivity contribution in [2.24, 2.45) is 0 Å². The lowest BCUT2D eigenvalue weighted by Crippen LogP contribution is -2.35. The van der Waals surface area contributed by atoms with E-state index in [1.54, 1.807) is 18.3 Å². The van der Waals surface area contributed by atoms with Gasteiger partial charge in [-0.25, -0.2) is 13.1 Å². The molecule has 1 amide bonds. The number of nitrogens with zero attached hydrogens (tertiary/aromatic N) is 3. The molecular weight excluding hydrogens is 356 g/mol. The summed E-state index contributed by atoms with van der Waals surface area (Å²) in [6.07, 6.45) is 6.70.